The van der Waals surface area contributed by atoms with Crippen LogP contribution in [0.15, 0.2) is 34.2 Å². The number of rotatable bonds is 5. The average molecular weight is 406 g/mol. The maximum atomic E-state index is 13.2. The summed E-state index contributed by atoms with van der Waals surface area (Å²) in [4.78, 5) is 17.2. The minimum absolute atomic E-state index is 0.0305. The molecule has 1 aromatic carbocycles. The lowest BCUT2D eigenvalue weighted by Crippen LogP contribution is -2.10. The molecule has 0 radical (unpaired) electrons. The van der Waals surface area contributed by atoms with E-state index < -0.39 is 5.97 Å². The third kappa shape index (κ3) is 5.69. The Hall–Kier alpha value is -2.62. The lowest BCUT2D eigenvalue weighted by molar-refractivity contribution is 0.0691. The second-order valence-corrected chi connectivity index (χ2v) is 7.52. The standard InChI is InChI=1S/C16H14FN3O3S.C3H9N/c1-20(2)7-12-13(15-18-11(8-24-15)16(21)22)14(19-23-12)9-3-5-10(17)6-4-9;1-3(2)4/h3-6,8H,7H2,1-2H3,(H,21,22);3H,4H2,1-2H3. The molecule has 28 heavy (non-hydrogen) atoms. The maximum absolute atomic E-state index is 13.2. The Kier molecular flexibility index (Phi) is 7.38. The van der Waals surface area contributed by atoms with Crippen molar-refractivity contribution in [3.63, 3.8) is 0 Å². The number of benzene rings is 1. The van der Waals surface area contributed by atoms with E-state index in [0.29, 0.717) is 40.2 Å². The van der Waals surface area contributed by atoms with Gasteiger partial charge in [0, 0.05) is 10.9 Å². The van der Waals surface area contributed by atoms with Crippen molar-refractivity contribution in [2.45, 2.75) is 26.4 Å². The molecule has 150 valence electrons. The van der Waals surface area contributed by atoms with Crippen LogP contribution < -0.4 is 5.73 Å². The molecule has 9 heteroatoms. The van der Waals surface area contributed by atoms with Crippen molar-refractivity contribution in [3.05, 3.63) is 46.9 Å². The summed E-state index contributed by atoms with van der Waals surface area (Å²) in [5, 5.41) is 15.2. The fourth-order valence-corrected chi connectivity index (χ4v) is 3.09. The van der Waals surface area contributed by atoms with Gasteiger partial charge >= 0.3 is 5.97 Å². The van der Waals surface area contributed by atoms with E-state index >= 15 is 0 Å². The highest BCUT2D eigenvalue weighted by molar-refractivity contribution is 7.13. The van der Waals surface area contributed by atoms with Gasteiger partial charge in [0.1, 0.15) is 16.5 Å². The summed E-state index contributed by atoms with van der Waals surface area (Å²) in [5.74, 6) is -0.864. The van der Waals surface area contributed by atoms with Crippen molar-refractivity contribution >= 4 is 17.3 Å². The van der Waals surface area contributed by atoms with Gasteiger partial charge in [-0.25, -0.2) is 14.2 Å². The monoisotopic (exact) mass is 406 g/mol. The zero-order chi connectivity index (χ0) is 20.8. The van der Waals surface area contributed by atoms with E-state index in [1.54, 1.807) is 12.1 Å². The second kappa shape index (κ2) is 9.54. The SMILES string of the molecule is CC(C)N.CN(C)Cc1onc(-c2ccc(F)cc2)c1-c1nc(C(=O)O)cs1. The number of hydrogen-bond donors (Lipinski definition) is 2. The van der Waals surface area contributed by atoms with Gasteiger partial charge < -0.3 is 20.3 Å². The van der Waals surface area contributed by atoms with Crippen molar-refractivity contribution in [2.24, 2.45) is 5.73 Å². The summed E-state index contributed by atoms with van der Waals surface area (Å²) in [5.41, 5.74) is 6.90. The van der Waals surface area contributed by atoms with E-state index in [4.69, 9.17) is 15.4 Å². The van der Waals surface area contributed by atoms with E-state index in [0.717, 1.165) is 0 Å². The Labute approximate surface area is 166 Å². The molecule has 0 aliphatic heterocycles. The molecule has 2 heterocycles. The van der Waals surface area contributed by atoms with Gasteiger partial charge in [-0.1, -0.05) is 19.0 Å². The van der Waals surface area contributed by atoms with E-state index in [9.17, 15) is 9.18 Å². The zero-order valence-corrected chi connectivity index (χ0v) is 17.0. The summed E-state index contributed by atoms with van der Waals surface area (Å²) in [7, 11) is 3.77. The average Bonchev–Trinajstić information content (AvgIpc) is 3.21. The second-order valence-electron chi connectivity index (χ2n) is 6.66. The highest BCUT2D eigenvalue weighted by Gasteiger charge is 2.23. The lowest BCUT2D eigenvalue weighted by Gasteiger charge is -2.07. The topological polar surface area (TPSA) is 105 Å². The molecular weight excluding hydrogens is 383 g/mol. The molecule has 0 saturated heterocycles. The molecule has 3 N–H and O–H groups in total. The van der Waals surface area contributed by atoms with Crippen molar-refractivity contribution in [3.8, 4) is 21.8 Å². The Bertz CT molecular complexity index is 917. The molecule has 0 atom stereocenters. The lowest BCUT2D eigenvalue weighted by atomic mass is 10.1. The van der Waals surface area contributed by atoms with E-state index in [1.807, 2.05) is 32.8 Å². The number of nitrogens with two attached hydrogens (primary N) is 1. The number of carbonyl (C=O) groups is 1. The van der Waals surface area contributed by atoms with Gasteiger partial charge in [0.2, 0.25) is 0 Å². The molecule has 0 aliphatic carbocycles. The van der Waals surface area contributed by atoms with Crippen LogP contribution in [0.3, 0.4) is 0 Å². The number of aromatic carboxylic acids is 1. The molecule has 0 amide bonds. The quantitative estimate of drug-likeness (QED) is 0.665. The zero-order valence-electron chi connectivity index (χ0n) is 16.1. The van der Waals surface area contributed by atoms with E-state index in [1.165, 1.54) is 28.8 Å². The first kappa shape index (κ1) is 21.7. The van der Waals surface area contributed by atoms with Crippen molar-refractivity contribution < 1.29 is 18.8 Å². The van der Waals surface area contributed by atoms with Crippen LogP contribution in [0.5, 0.6) is 0 Å². The largest absolute Gasteiger partial charge is 0.476 e. The molecule has 7 nitrogen and oxygen atoms in total. The summed E-state index contributed by atoms with van der Waals surface area (Å²) in [6.07, 6.45) is 0. The molecule has 3 rings (SSSR count). The first-order valence-electron chi connectivity index (χ1n) is 8.53. The number of carboxylic acid groups (broad SMARTS) is 1. The summed E-state index contributed by atoms with van der Waals surface area (Å²) >= 11 is 1.20. The molecule has 0 spiro atoms. The predicted octanol–water partition coefficient (Wildman–Crippen LogP) is 3.72. The molecule has 0 unspecified atom stereocenters. The fourth-order valence-electron chi connectivity index (χ4n) is 2.23. The molecule has 0 aliphatic rings. The minimum atomic E-state index is -1.09. The van der Waals surface area contributed by atoms with Crippen LogP contribution >= 0.6 is 11.3 Å². The van der Waals surface area contributed by atoms with Crippen LogP contribution in [0.2, 0.25) is 0 Å². The van der Waals surface area contributed by atoms with Crippen LogP contribution in [-0.4, -0.2) is 46.3 Å². The van der Waals surface area contributed by atoms with E-state index in [-0.39, 0.29) is 11.5 Å². The third-order valence-corrected chi connectivity index (χ3v) is 4.14. The van der Waals surface area contributed by atoms with Crippen LogP contribution in [0.1, 0.15) is 30.1 Å². The molecular formula is C19H23FN4O3S. The van der Waals surface area contributed by atoms with Gasteiger partial charge in [0.15, 0.2) is 11.5 Å². The van der Waals surface area contributed by atoms with Crippen LogP contribution in [0, 0.1) is 5.82 Å². The summed E-state index contributed by atoms with van der Waals surface area (Å²) < 4.78 is 18.6. The van der Waals surface area contributed by atoms with Gasteiger partial charge in [-0.3, -0.25) is 0 Å². The van der Waals surface area contributed by atoms with Gasteiger partial charge in [0.25, 0.3) is 0 Å². The van der Waals surface area contributed by atoms with Crippen LogP contribution in [0.25, 0.3) is 21.8 Å². The number of hydrogen-bond acceptors (Lipinski definition) is 7. The molecule has 0 saturated carbocycles. The molecule has 3 aromatic rings. The first-order chi connectivity index (χ1) is 13.2. The Morgan fingerprint density at radius 3 is 2.43 bits per heavy atom. The maximum Gasteiger partial charge on any atom is 0.355 e. The number of aromatic nitrogens is 2. The Morgan fingerprint density at radius 1 is 1.32 bits per heavy atom. The normalized spacial score (nSPS) is 10.9. The van der Waals surface area contributed by atoms with Crippen molar-refractivity contribution in [1.29, 1.82) is 0 Å². The van der Waals surface area contributed by atoms with Crippen molar-refractivity contribution in [1.82, 2.24) is 15.0 Å². The first-order valence-corrected chi connectivity index (χ1v) is 9.41. The van der Waals surface area contributed by atoms with Crippen LogP contribution in [-0.2, 0) is 6.54 Å². The fraction of sp³-hybridized carbons (Fsp3) is 0.316. The molecule has 2 aromatic heterocycles. The summed E-state index contributed by atoms with van der Waals surface area (Å²) in [6.45, 7) is 4.37. The number of halogens is 1. The van der Waals surface area contributed by atoms with E-state index in [2.05, 4.69) is 10.1 Å². The van der Waals surface area contributed by atoms with Crippen molar-refractivity contribution in [2.75, 3.05) is 14.1 Å². The highest BCUT2D eigenvalue weighted by atomic mass is 32.1. The summed E-state index contributed by atoms with van der Waals surface area (Å²) in [6, 6.07) is 6.21. The Morgan fingerprint density at radius 2 is 1.93 bits per heavy atom. The van der Waals surface area contributed by atoms with Gasteiger partial charge in [-0.05, 0) is 44.4 Å². The number of nitrogens with zero attached hydrogens (tertiary/aromatic N) is 3. The Balaban J connectivity index is 0.000000640. The van der Waals surface area contributed by atoms with Gasteiger partial charge in [0.05, 0.1) is 12.1 Å². The minimum Gasteiger partial charge on any atom is -0.476 e. The highest BCUT2D eigenvalue weighted by Crippen LogP contribution is 2.36. The predicted molar refractivity (Wildman–Crippen MR) is 107 cm³/mol. The molecule has 0 fully saturated rings. The third-order valence-electron chi connectivity index (χ3n) is 3.28. The number of thiazole rings is 1. The van der Waals surface area contributed by atoms with Crippen LogP contribution in [0.4, 0.5) is 4.39 Å². The van der Waals surface area contributed by atoms with Gasteiger partial charge in [-0.15, -0.1) is 11.3 Å². The number of carboxylic acids is 1. The molecule has 0 bridgehead atoms. The smallest absolute Gasteiger partial charge is 0.355 e. The van der Waals surface area contributed by atoms with Gasteiger partial charge in [-0.2, -0.15) is 0 Å².